The average Bonchev–Trinajstić information content (AvgIpc) is 2.49. The molecule has 26 heavy (non-hydrogen) atoms. The first kappa shape index (κ1) is 20.1. The van der Waals surface area contributed by atoms with E-state index in [0.717, 1.165) is 4.72 Å². The van der Waals surface area contributed by atoms with Gasteiger partial charge >= 0.3 is 17.5 Å². The summed E-state index contributed by atoms with van der Waals surface area (Å²) >= 11 is -3.91. The fourth-order valence-electron chi connectivity index (χ4n) is 4.30. The first-order valence-electron chi connectivity index (χ1n) is 7.74. The third-order valence-corrected chi connectivity index (χ3v) is 6.91. The molecule has 0 spiro atoms. The zero-order valence-corrected chi connectivity index (χ0v) is 14.7. The average molecular weight is 422 g/mol. The lowest BCUT2D eigenvalue weighted by Gasteiger charge is -2.54. The van der Waals surface area contributed by atoms with Gasteiger partial charge in [0.25, 0.3) is 0 Å². The SMILES string of the molecule is O=C1C2CC3CC1CC(OC(=O)C(F)(F)[S+]([O-])NSNC(F)(F)F)(C3)C2. The second-order valence-corrected chi connectivity index (χ2v) is 9.01. The van der Waals surface area contributed by atoms with Crippen molar-refractivity contribution in [1.29, 1.82) is 0 Å². The van der Waals surface area contributed by atoms with Crippen molar-refractivity contribution in [2.24, 2.45) is 17.8 Å². The quantitative estimate of drug-likeness (QED) is 0.223. The van der Waals surface area contributed by atoms with Gasteiger partial charge in [0.05, 0.1) is 12.1 Å². The Labute approximate surface area is 152 Å². The van der Waals surface area contributed by atoms with Gasteiger partial charge in [-0.05, 0) is 38.0 Å². The van der Waals surface area contributed by atoms with E-state index in [-0.39, 0.29) is 36.4 Å². The zero-order valence-electron chi connectivity index (χ0n) is 13.1. The number of Topliss-reactive ketones (excluding diaryl/α,β-unsaturated/α-hetero) is 1. The summed E-state index contributed by atoms with van der Waals surface area (Å²) in [5.74, 6) is -2.53. The summed E-state index contributed by atoms with van der Waals surface area (Å²) in [7, 11) is 0. The van der Waals surface area contributed by atoms with Crippen molar-refractivity contribution in [1.82, 2.24) is 8.85 Å². The monoisotopic (exact) mass is 422 g/mol. The molecule has 0 aliphatic heterocycles. The van der Waals surface area contributed by atoms with Gasteiger partial charge in [0, 0.05) is 11.8 Å². The number of hydrogen-bond acceptors (Lipinski definition) is 7. The largest absolute Gasteiger partial charge is 0.592 e. The molecule has 13 heteroatoms. The van der Waals surface area contributed by atoms with Crippen LogP contribution in [-0.2, 0) is 25.7 Å². The van der Waals surface area contributed by atoms with Gasteiger partial charge in [-0.15, -0.1) is 8.78 Å². The summed E-state index contributed by atoms with van der Waals surface area (Å²) in [5, 5.41) is -4.53. The van der Waals surface area contributed by atoms with Crippen LogP contribution in [0.5, 0.6) is 0 Å². The van der Waals surface area contributed by atoms with E-state index in [0.29, 0.717) is 19.3 Å². The first-order chi connectivity index (χ1) is 11.9. The van der Waals surface area contributed by atoms with Gasteiger partial charge in [0.1, 0.15) is 22.7 Å². The number of hydrogen-bond donors (Lipinski definition) is 2. The van der Waals surface area contributed by atoms with Crippen LogP contribution in [0.25, 0.3) is 0 Å². The Balaban J connectivity index is 1.61. The third-order valence-electron chi connectivity index (χ3n) is 5.00. The Bertz CT molecular complexity index is 588. The number of ether oxygens (including phenoxy) is 1. The smallest absolute Gasteiger partial charge is 0.527 e. The van der Waals surface area contributed by atoms with Gasteiger partial charge in [-0.25, -0.2) is 4.79 Å². The summed E-state index contributed by atoms with van der Waals surface area (Å²) in [4.78, 5) is 23.9. The van der Waals surface area contributed by atoms with Crippen LogP contribution in [0.15, 0.2) is 0 Å². The molecule has 4 aliphatic rings. The van der Waals surface area contributed by atoms with Gasteiger partial charge in [-0.3, -0.25) is 4.79 Å². The van der Waals surface area contributed by atoms with Crippen LogP contribution < -0.4 is 8.85 Å². The standard InChI is InChI=1S/C13H15F5N2O4S2/c14-12(15,26(23)20-25-19-13(16,17)18)10(22)24-11-3-6-1-7(4-11)9(21)8(2-6)5-11/h6-8,19-20H,1-5H2. The van der Waals surface area contributed by atoms with E-state index in [4.69, 9.17) is 4.74 Å². The van der Waals surface area contributed by atoms with Crippen molar-refractivity contribution in [2.75, 3.05) is 0 Å². The molecule has 0 aromatic carbocycles. The highest BCUT2D eigenvalue weighted by Gasteiger charge is 2.62. The maximum Gasteiger partial charge on any atom is 0.527 e. The van der Waals surface area contributed by atoms with Gasteiger partial charge in [0.15, 0.2) is 0 Å². The van der Waals surface area contributed by atoms with Crippen LogP contribution in [0, 0.1) is 17.8 Å². The minimum Gasteiger partial charge on any atom is -0.592 e. The second-order valence-electron chi connectivity index (χ2n) is 6.89. The molecule has 0 aromatic heterocycles. The Kier molecular flexibility index (Phi) is 5.23. The molecule has 4 saturated carbocycles. The van der Waals surface area contributed by atoms with E-state index < -0.39 is 46.6 Å². The zero-order chi connectivity index (χ0) is 19.3. The van der Waals surface area contributed by atoms with Crippen molar-refractivity contribution in [3.63, 3.8) is 0 Å². The number of esters is 1. The molecule has 2 N–H and O–H groups in total. The maximum absolute atomic E-state index is 14.0. The van der Waals surface area contributed by atoms with E-state index in [1.807, 2.05) is 0 Å². The molecular formula is C13H15F5N2O4S2. The fourth-order valence-corrected chi connectivity index (χ4v) is 5.50. The highest BCUT2D eigenvalue weighted by molar-refractivity contribution is 8.08. The van der Waals surface area contributed by atoms with Crippen molar-refractivity contribution in [2.45, 2.75) is 49.3 Å². The lowest BCUT2D eigenvalue weighted by Crippen LogP contribution is -2.58. The Hall–Kier alpha value is -0.630. The predicted octanol–water partition coefficient (Wildman–Crippen LogP) is 2.20. The highest BCUT2D eigenvalue weighted by atomic mass is 32.3. The van der Waals surface area contributed by atoms with Gasteiger partial charge < -0.3 is 9.29 Å². The third kappa shape index (κ3) is 3.96. The fraction of sp³-hybridized carbons (Fsp3) is 0.846. The van der Waals surface area contributed by atoms with Gasteiger partial charge in [0.2, 0.25) is 0 Å². The molecule has 4 aliphatic carbocycles. The Morgan fingerprint density at radius 2 is 1.77 bits per heavy atom. The Morgan fingerprint density at radius 1 is 1.19 bits per heavy atom. The van der Waals surface area contributed by atoms with Crippen LogP contribution in [0.3, 0.4) is 0 Å². The lowest BCUT2D eigenvalue weighted by molar-refractivity contribution is -0.201. The summed E-state index contributed by atoms with van der Waals surface area (Å²) in [5.41, 5.74) is -1.19. The van der Waals surface area contributed by atoms with Crippen LogP contribution >= 0.6 is 12.1 Å². The molecule has 0 heterocycles. The number of carbonyl (C=O) groups excluding carboxylic acids is 2. The lowest BCUT2D eigenvalue weighted by atomic mass is 9.53. The molecule has 0 saturated heterocycles. The summed E-state index contributed by atoms with van der Waals surface area (Å²) in [6, 6.07) is 0. The number of ketones is 1. The van der Waals surface area contributed by atoms with Crippen LogP contribution in [0.2, 0.25) is 0 Å². The van der Waals surface area contributed by atoms with Crippen molar-refractivity contribution in [3.8, 4) is 0 Å². The van der Waals surface area contributed by atoms with Crippen LogP contribution in [0.4, 0.5) is 22.0 Å². The molecule has 4 bridgehead atoms. The summed E-state index contributed by atoms with van der Waals surface area (Å²) < 4.78 is 82.3. The number of alkyl halides is 5. The molecule has 3 unspecified atom stereocenters. The minimum atomic E-state index is -4.89. The molecule has 3 atom stereocenters. The predicted molar refractivity (Wildman–Crippen MR) is 80.4 cm³/mol. The normalized spacial score (nSPS) is 34.8. The van der Waals surface area contributed by atoms with Crippen molar-refractivity contribution < 1.29 is 40.8 Å². The molecule has 0 amide bonds. The first-order valence-corrected chi connectivity index (χ1v) is 9.71. The summed E-state index contributed by atoms with van der Waals surface area (Å²) in [6.45, 7) is 0. The summed E-state index contributed by atoms with van der Waals surface area (Å²) in [6.07, 6.45) is -2.91. The molecule has 0 aromatic rings. The number of carbonyl (C=O) groups is 2. The molecular weight excluding hydrogens is 407 g/mol. The van der Waals surface area contributed by atoms with Crippen LogP contribution in [-0.4, -0.2) is 33.5 Å². The molecule has 4 rings (SSSR count). The van der Waals surface area contributed by atoms with Gasteiger partial charge in [-0.2, -0.15) is 17.9 Å². The number of rotatable bonds is 6. The van der Waals surface area contributed by atoms with E-state index in [9.17, 15) is 36.1 Å². The molecule has 148 valence electrons. The highest BCUT2D eigenvalue weighted by Crippen LogP contribution is 2.56. The number of halogens is 5. The van der Waals surface area contributed by atoms with Crippen molar-refractivity contribution in [3.05, 3.63) is 0 Å². The number of nitrogens with one attached hydrogen (secondary N) is 2. The van der Waals surface area contributed by atoms with E-state index in [2.05, 4.69) is 0 Å². The van der Waals surface area contributed by atoms with E-state index in [1.165, 1.54) is 4.13 Å². The Morgan fingerprint density at radius 3 is 2.31 bits per heavy atom. The van der Waals surface area contributed by atoms with E-state index in [1.54, 1.807) is 0 Å². The van der Waals surface area contributed by atoms with Crippen LogP contribution in [0.1, 0.15) is 32.1 Å². The molecule has 4 fully saturated rings. The minimum absolute atomic E-state index is 0.0688. The van der Waals surface area contributed by atoms with Gasteiger partial charge in [-0.1, -0.05) is 4.13 Å². The van der Waals surface area contributed by atoms with Crippen molar-refractivity contribution >= 4 is 35.2 Å². The van der Waals surface area contributed by atoms with E-state index >= 15 is 0 Å². The maximum atomic E-state index is 14.0. The second kappa shape index (κ2) is 6.76. The molecule has 6 nitrogen and oxygen atoms in total. The molecule has 0 radical (unpaired) electrons. The topological polar surface area (TPSA) is 90.5 Å².